The van der Waals surface area contributed by atoms with Gasteiger partial charge in [0.05, 0.1) is 6.04 Å². The van der Waals surface area contributed by atoms with Gasteiger partial charge in [-0.15, -0.1) is 0 Å². The van der Waals surface area contributed by atoms with Crippen LogP contribution < -0.4 is 10.6 Å². The topological polar surface area (TPSA) is 49.8 Å². The molecular formula is C13H14Br2N4. The molecule has 0 amide bonds. The number of hydrogen-bond acceptors (Lipinski definition) is 4. The van der Waals surface area contributed by atoms with E-state index in [1.165, 1.54) is 11.9 Å². The van der Waals surface area contributed by atoms with Crippen LogP contribution in [0.4, 0.5) is 11.6 Å². The Morgan fingerprint density at radius 1 is 1.16 bits per heavy atom. The van der Waals surface area contributed by atoms with Gasteiger partial charge in [0.15, 0.2) is 0 Å². The van der Waals surface area contributed by atoms with E-state index in [9.17, 15) is 0 Å². The van der Waals surface area contributed by atoms with E-state index in [0.29, 0.717) is 0 Å². The molecule has 0 saturated heterocycles. The van der Waals surface area contributed by atoms with Crippen molar-refractivity contribution in [2.45, 2.75) is 13.0 Å². The SMILES string of the molecule is CNc1ncnc(NC(C)c2cccc(Br)c2)c1Br. The summed E-state index contributed by atoms with van der Waals surface area (Å²) in [6, 6.07) is 8.34. The molecule has 1 heterocycles. The molecule has 2 rings (SSSR count). The number of nitrogens with zero attached hydrogens (tertiary/aromatic N) is 2. The van der Waals surface area contributed by atoms with E-state index in [2.05, 4.69) is 71.5 Å². The largest absolute Gasteiger partial charge is 0.372 e. The molecule has 19 heavy (non-hydrogen) atoms. The number of benzene rings is 1. The van der Waals surface area contributed by atoms with Crippen molar-refractivity contribution in [1.29, 1.82) is 0 Å². The number of halogens is 2. The molecule has 0 radical (unpaired) electrons. The maximum absolute atomic E-state index is 4.25. The van der Waals surface area contributed by atoms with Crippen LogP contribution in [0.1, 0.15) is 18.5 Å². The molecule has 2 N–H and O–H groups in total. The van der Waals surface area contributed by atoms with E-state index in [0.717, 1.165) is 20.6 Å². The average molecular weight is 386 g/mol. The Morgan fingerprint density at radius 3 is 2.58 bits per heavy atom. The van der Waals surface area contributed by atoms with Crippen molar-refractivity contribution in [3.63, 3.8) is 0 Å². The predicted molar refractivity (Wildman–Crippen MR) is 85.5 cm³/mol. The van der Waals surface area contributed by atoms with Gasteiger partial charge in [0.1, 0.15) is 22.4 Å². The van der Waals surface area contributed by atoms with E-state index in [1.54, 1.807) is 0 Å². The molecule has 1 aromatic carbocycles. The van der Waals surface area contributed by atoms with Gasteiger partial charge in [0, 0.05) is 11.5 Å². The minimum atomic E-state index is 0.147. The summed E-state index contributed by atoms with van der Waals surface area (Å²) in [5, 5.41) is 6.38. The zero-order valence-corrected chi connectivity index (χ0v) is 13.8. The van der Waals surface area contributed by atoms with Gasteiger partial charge >= 0.3 is 0 Å². The summed E-state index contributed by atoms with van der Waals surface area (Å²) in [6.07, 6.45) is 1.53. The molecule has 0 fully saturated rings. The fraction of sp³-hybridized carbons (Fsp3) is 0.231. The van der Waals surface area contributed by atoms with Crippen LogP contribution in [0.15, 0.2) is 39.5 Å². The molecule has 0 saturated carbocycles. The third kappa shape index (κ3) is 3.45. The molecule has 1 aromatic heterocycles. The summed E-state index contributed by atoms with van der Waals surface area (Å²) < 4.78 is 1.90. The van der Waals surface area contributed by atoms with Gasteiger partial charge in [-0.1, -0.05) is 28.1 Å². The van der Waals surface area contributed by atoms with E-state index >= 15 is 0 Å². The lowest BCUT2D eigenvalue weighted by atomic mass is 10.1. The Balaban J connectivity index is 2.21. The second kappa shape index (κ2) is 6.34. The summed E-state index contributed by atoms with van der Waals surface area (Å²) >= 11 is 6.98. The van der Waals surface area contributed by atoms with Gasteiger partial charge in [-0.05, 0) is 40.5 Å². The highest BCUT2D eigenvalue weighted by Crippen LogP contribution is 2.29. The first-order valence-corrected chi connectivity index (χ1v) is 7.40. The molecule has 1 atom stereocenters. The van der Waals surface area contributed by atoms with E-state index in [4.69, 9.17) is 0 Å². The second-order valence-electron chi connectivity index (χ2n) is 4.06. The fourth-order valence-electron chi connectivity index (χ4n) is 1.71. The first-order valence-electron chi connectivity index (χ1n) is 5.82. The summed E-state index contributed by atoms with van der Waals surface area (Å²) in [4.78, 5) is 8.39. The van der Waals surface area contributed by atoms with E-state index in [-0.39, 0.29) is 6.04 Å². The van der Waals surface area contributed by atoms with Crippen molar-refractivity contribution >= 4 is 43.5 Å². The fourth-order valence-corrected chi connectivity index (χ4v) is 2.64. The molecule has 100 valence electrons. The van der Waals surface area contributed by atoms with Gasteiger partial charge in [-0.3, -0.25) is 0 Å². The Bertz CT molecular complexity index is 574. The summed E-state index contributed by atoms with van der Waals surface area (Å²) in [5.41, 5.74) is 1.19. The van der Waals surface area contributed by atoms with Crippen LogP contribution in [0.5, 0.6) is 0 Å². The molecule has 0 aliphatic carbocycles. The first-order chi connectivity index (χ1) is 9.11. The van der Waals surface area contributed by atoms with Crippen LogP contribution >= 0.6 is 31.9 Å². The maximum atomic E-state index is 4.25. The van der Waals surface area contributed by atoms with Crippen molar-refractivity contribution in [3.8, 4) is 0 Å². The molecule has 6 heteroatoms. The molecular weight excluding hydrogens is 372 g/mol. The van der Waals surface area contributed by atoms with Gasteiger partial charge in [0.25, 0.3) is 0 Å². The Labute approximate surface area is 129 Å². The minimum Gasteiger partial charge on any atom is -0.372 e. The van der Waals surface area contributed by atoms with Crippen molar-refractivity contribution in [2.75, 3.05) is 17.7 Å². The minimum absolute atomic E-state index is 0.147. The van der Waals surface area contributed by atoms with E-state index in [1.807, 2.05) is 19.2 Å². The highest BCUT2D eigenvalue weighted by Gasteiger charge is 2.11. The van der Waals surface area contributed by atoms with Crippen molar-refractivity contribution in [2.24, 2.45) is 0 Å². The zero-order valence-electron chi connectivity index (χ0n) is 10.6. The Morgan fingerprint density at radius 2 is 1.89 bits per heavy atom. The maximum Gasteiger partial charge on any atom is 0.146 e. The second-order valence-corrected chi connectivity index (χ2v) is 5.76. The quantitative estimate of drug-likeness (QED) is 0.827. The van der Waals surface area contributed by atoms with Crippen LogP contribution in [0, 0.1) is 0 Å². The van der Waals surface area contributed by atoms with Crippen LogP contribution in [0.25, 0.3) is 0 Å². The van der Waals surface area contributed by atoms with Crippen LogP contribution in [0.2, 0.25) is 0 Å². The molecule has 4 nitrogen and oxygen atoms in total. The Hall–Kier alpha value is -1.14. The monoisotopic (exact) mass is 384 g/mol. The van der Waals surface area contributed by atoms with Crippen LogP contribution in [-0.4, -0.2) is 17.0 Å². The van der Waals surface area contributed by atoms with E-state index < -0.39 is 0 Å². The third-order valence-electron chi connectivity index (χ3n) is 2.73. The molecule has 0 spiro atoms. The van der Waals surface area contributed by atoms with Gasteiger partial charge in [0.2, 0.25) is 0 Å². The van der Waals surface area contributed by atoms with Crippen molar-refractivity contribution in [1.82, 2.24) is 9.97 Å². The molecule has 2 aromatic rings. The Kier molecular flexibility index (Phi) is 4.76. The number of anilines is 2. The standard InChI is InChI=1S/C13H14Br2N4/c1-8(9-4-3-5-10(14)6-9)19-13-11(15)12(16-2)17-7-18-13/h3-8H,1-2H3,(H2,16,17,18,19). The molecule has 0 bridgehead atoms. The highest BCUT2D eigenvalue weighted by molar-refractivity contribution is 9.11. The number of hydrogen-bond donors (Lipinski definition) is 2. The number of rotatable bonds is 4. The highest BCUT2D eigenvalue weighted by atomic mass is 79.9. The summed E-state index contributed by atoms with van der Waals surface area (Å²) in [6.45, 7) is 2.09. The zero-order chi connectivity index (χ0) is 13.8. The van der Waals surface area contributed by atoms with Gasteiger partial charge in [-0.25, -0.2) is 9.97 Å². The first kappa shape index (κ1) is 14.3. The van der Waals surface area contributed by atoms with Crippen molar-refractivity contribution < 1.29 is 0 Å². The average Bonchev–Trinajstić information content (AvgIpc) is 2.41. The lowest BCUT2D eigenvalue weighted by molar-refractivity contribution is 0.869. The van der Waals surface area contributed by atoms with Gasteiger partial charge in [-0.2, -0.15) is 0 Å². The normalized spacial score (nSPS) is 12.0. The van der Waals surface area contributed by atoms with Crippen LogP contribution in [0.3, 0.4) is 0 Å². The number of nitrogens with one attached hydrogen (secondary N) is 2. The number of aromatic nitrogens is 2. The summed E-state index contributed by atoms with van der Waals surface area (Å²) in [5.74, 6) is 1.53. The van der Waals surface area contributed by atoms with Crippen molar-refractivity contribution in [3.05, 3.63) is 45.1 Å². The predicted octanol–water partition coefficient (Wildman–Crippen LogP) is 4.22. The smallest absolute Gasteiger partial charge is 0.146 e. The summed E-state index contributed by atoms with van der Waals surface area (Å²) in [7, 11) is 1.83. The molecule has 1 unspecified atom stereocenters. The lowest BCUT2D eigenvalue weighted by Gasteiger charge is -2.17. The van der Waals surface area contributed by atoms with Crippen LogP contribution in [-0.2, 0) is 0 Å². The lowest BCUT2D eigenvalue weighted by Crippen LogP contribution is -2.09. The van der Waals surface area contributed by atoms with Gasteiger partial charge < -0.3 is 10.6 Å². The third-order valence-corrected chi connectivity index (χ3v) is 3.97. The molecule has 0 aliphatic rings. The molecule has 0 aliphatic heterocycles.